The Bertz CT molecular complexity index is 576. The highest BCUT2D eigenvalue weighted by atomic mass is 35.5. The fourth-order valence-electron chi connectivity index (χ4n) is 1.62. The second-order valence-electron chi connectivity index (χ2n) is 3.84. The number of nitrogens with one attached hydrogen (secondary N) is 2. The zero-order valence-electron chi connectivity index (χ0n) is 10.2. The average molecular weight is 299 g/mol. The number of carbonyl (C=O) groups is 1. The van der Waals surface area contributed by atoms with Crippen molar-refractivity contribution >= 4 is 34.9 Å². The molecule has 0 unspecified atom stereocenters. The number of para-hydroxylation sites is 1. The largest absolute Gasteiger partial charge is 0.464 e. The highest BCUT2D eigenvalue weighted by Gasteiger charge is 2.09. The first-order valence-corrected chi connectivity index (χ1v) is 6.31. The van der Waals surface area contributed by atoms with Gasteiger partial charge in [-0.25, -0.2) is 4.79 Å². The average Bonchev–Trinajstić information content (AvgIpc) is 2.86. The number of aromatic amines is 1. The fourth-order valence-corrected chi connectivity index (χ4v) is 2.15. The van der Waals surface area contributed by atoms with Gasteiger partial charge in [0.15, 0.2) is 0 Å². The van der Waals surface area contributed by atoms with Gasteiger partial charge in [0.1, 0.15) is 5.69 Å². The van der Waals surface area contributed by atoms with Crippen LogP contribution in [0.2, 0.25) is 10.0 Å². The van der Waals surface area contributed by atoms with Crippen molar-refractivity contribution < 1.29 is 9.53 Å². The van der Waals surface area contributed by atoms with Gasteiger partial charge in [0.25, 0.3) is 0 Å². The minimum Gasteiger partial charge on any atom is -0.464 e. The number of hydrogen-bond acceptors (Lipinski definition) is 3. The van der Waals surface area contributed by atoms with E-state index in [1.807, 2.05) is 0 Å². The molecule has 19 heavy (non-hydrogen) atoms. The molecule has 2 N–H and O–H groups in total. The van der Waals surface area contributed by atoms with Crippen molar-refractivity contribution in [3.05, 3.63) is 51.8 Å². The maximum Gasteiger partial charge on any atom is 0.354 e. The molecule has 6 heteroatoms. The molecule has 0 atom stereocenters. The van der Waals surface area contributed by atoms with Crippen molar-refractivity contribution in [2.75, 3.05) is 12.4 Å². The minimum absolute atomic E-state index is 0.401. The van der Waals surface area contributed by atoms with Crippen molar-refractivity contribution in [1.82, 2.24) is 4.98 Å². The number of halogens is 2. The van der Waals surface area contributed by atoms with Gasteiger partial charge in [0.2, 0.25) is 0 Å². The van der Waals surface area contributed by atoms with Crippen LogP contribution in [0.3, 0.4) is 0 Å². The van der Waals surface area contributed by atoms with Crippen LogP contribution < -0.4 is 5.32 Å². The van der Waals surface area contributed by atoms with Gasteiger partial charge in [-0.2, -0.15) is 0 Å². The van der Waals surface area contributed by atoms with Crippen LogP contribution in [0.5, 0.6) is 0 Å². The number of hydrogen-bond donors (Lipinski definition) is 2. The van der Waals surface area contributed by atoms with Crippen LogP contribution in [0, 0.1) is 0 Å². The predicted octanol–water partition coefficient (Wildman–Crippen LogP) is 3.72. The Morgan fingerprint density at radius 1 is 1.26 bits per heavy atom. The molecular formula is C13H12Cl2N2O2. The van der Waals surface area contributed by atoms with E-state index in [-0.39, 0.29) is 0 Å². The first kappa shape index (κ1) is 13.8. The molecule has 1 heterocycles. The smallest absolute Gasteiger partial charge is 0.354 e. The number of benzene rings is 1. The van der Waals surface area contributed by atoms with E-state index >= 15 is 0 Å². The lowest BCUT2D eigenvalue weighted by atomic mass is 10.3. The Morgan fingerprint density at radius 3 is 2.58 bits per heavy atom. The number of esters is 1. The van der Waals surface area contributed by atoms with E-state index in [0.29, 0.717) is 28.0 Å². The Kier molecular flexibility index (Phi) is 4.35. The van der Waals surface area contributed by atoms with Crippen LogP contribution in [-0.4, -0.2) is 18.1 Å². The maximum absolute atomic E-state index is 11.3. The lowest BCUT2D eigenvalue weighted by Gasteiger charge is -2.09. The van der Waals surface area contributed by atoms with E-state index in [1.54, 1.807) is 30.3 Å². The highest BCUT2D eigenvalue weighted by Crippen LogP contribution is 2.30. The van der Waals surface area contributed by atoms with Gasteiger partial charge >= 0.3 is 5.97 Å². The van der Waals surface area contributed by atoms with Crippen LogP contribution in [0.25, 0.3) is 0 Å². The predicted molar refractivity (Wildman–Crippen MR) is 75.9 cm³/mol. The summed E-state index contributed by atoms with van der Waals surface area (Å²) in [5.74, 6) is -0.401. The zero-order valence-corrected chi connectivity index (χ0v) is 11.7. The van der Waals surface area contributed by atoms with Crippen molar-refractivity contribution in [3.8, 4) is 0 Å². The van der Waals surface area contributed by atoms with Gasteiger partial charge in [0.05, 0.1) is 29.4 Å². The second-order valence-corrected chi connectivity index (χ2v) is 4.65. The van der Waals surface area contributed by atoms with Gasteiger partial charge in [-0.15, -0.1) is 0 Å². The summed E-state index contributed by atoms with van der Waals surface area (Å²) in [6.45, 7) is 0.473. The number of ether oxygens (including phenoxy) is 1. The minimum atomic E-state index is -0.401. The summed E-state index contributed by atoms with van der Waals surface area (Å²) in [5.41, 5.74) is 1.90. The Balaban J connectivity index is 2.07. The molecule has 0 saturated heterocycles. The Hall–Kier alpha value is -1.65. The van der Waals surface area contributed by atoms with Crippen LogP contribution >= 0.6 is 23.2 Å². The standard InChI is InChI=1S/C13H12Cl2N2O2/c1-19-13(18)11-6-5-8(17-11)7-16-12-9(14)3-2-4-10(12)15/h2-6,16-17H,7H2,1H3. The van der Waals surface area contributed by atoms with Crippen LogP contribution in [0.1, 0.15) is 16.2 Å². The summed E-state index contributed by atoms with van der Waals surface area (Å²) in [6, 6.07) is 8.75. The molecule has 1 aromatic carbocycles. The van der Waals surface area contributed by atoms with Crippen molar-refractivity contribution in [1.29, 1.82) is 0 Å². The molecule has 100 valence electrons. The highest BCUT2D eigenvalue weighted by molar-refractivity contribution is 6.39. The summed E-state index contributed by atoms with van der Waals surface area (Å²) in [5, 5.41) is 4.22. The van der Waals surface area contributed by atoms with E-state index < -0.39 is 5.97 Å². The van der Waals surface area contributed by atoms with Crippen LogP contribution in [-0.2, 0) is 11.3 Å². The van der Waals surface area contributed by atoms with Gasteiger partial charge < -0.3 is 15.0 Å². The molecule has 4 nitrogen and oxygen atoms in total. The van der Waals surface area contributed by atoms with Gasteiger partial charge in [-0.3, -0.25) is 0 Å². The Labute approximate surface area is 120 Å². The summed E-state index contributed by atoms with van der Waals surface area (Å²) in [4.78, 5) is 14.2. The monoisotopic (exact) mass is 298 g/mol. The number of anilines is 1. The van der Waals surface area contributed by atoms with E-state index in [9.17, 15) is 4.79 Å². The summed E-state index contributed by atoms with van der Waals surface area (Å²) >= 11 is 12.1. The SMILES string of the molecule is COC(=O)c1ccc(CNc2c(Cl)cccc2Cl)[nH]1. The molecule has 0 amide bonds. The topological polar surface area (TPSA) is 54.1 Å². The number of H-pyrrole nitrogens is 1. The molecule has 1 aromatic heterocycles. The third kappa shape index (κ3) is 3.22. The third-order valence-electron chi connectivity index (χ3n) is 2.57. The fraction of sp³-hybridized carbons (Fsp3) is 0.154. The summed E-state index contributed by atoms with van der Waals surface area (Å²) in [7, 11) is 1.34. The zero-order chi connectivity index (χ0) is 13.8. The molecule has 0 fully saturated rings. The third-order valence-corrected chi connectivity index (χ3v) is 3.20. The molecule has 0 spiro atoms. The molecule has 0 aliphatic rings. The molecule has 0 aliphatic heterocycles. The lowest BCUT2D eigenvalue weighted by Crippen LogP contribution is -2.04. The molecule has 0 aliphatic carbocycles. The van der Waals surface area contributed by atoms with Crippen molar-refractivity contribution in [2.24, 2.45) is 0 Å². The van der Waals surface area contributed by atoms with Gasteiger partial charge in [-0.05, 0) is 24.3 Å². The van der Waals surface area contributed by atoms with E-state index in [2.05, 4.69) is 15.0 Å². The summed E-state index contributed by atoms with van der Waals surface area (Å²) < 4.78 is 4.62. The molecular weight excluding hydrogens is 287 g/mol. The lowest BCUT2D eigenvalue weighted by molar-refractivity contribution is 0.0594. The Morgan fingerprint density at radius 2 is 1.95 bits per heavy atom. The normalized spacial score (nSPS) is 10.3. The van der Waals surface area contributed by atoms with Crippen LogP contribution in [0.15, 0.2) is 30.3 Å². The van der Waals surface area contributed by atoms with E-state index in [4.69, 9.17) is 23.2 Å². The van der Waals surface area contributed by atoms with Crippen LogP contribution in [0.4, 0.5) is 5.69 Å². The molecule has 2 aromatic rings. The molecule has 0 bridgehead atoms. The first-order valence-electron chi connectivity index (χ1n) is 5.56. The summed E-state index contributed by atoms with van der Waals surface area (Å²) in [6.07, 6.45) is 0. The maximum atomic E-state index is 11.3. The number of rotatable bonds is 4. The number of methoxy groups -OCH3 is 1. The van der Waals surface area contributed by atoms with Crippen molar-refractivity contribution in [2.45, 2.75) is 6.54 Å². The quantitative estimate of drug-likeness (QED) is 0.846. The van der Waals surface area contributed by atoms with E-state index in [1.165, 1.54) is 7.11 Å². The number of carbonyl (C=O) groups excluding carboxylic acids is 1. The molecule has 0 radical (unpaired) electrons. The molecule has 0 saturated carbocycles. The first-order chi connectivity index (χ1) is 9.11. The number of aromatic nitrogens is 1. The van der Waals surface area contributed by atoms with E-state index in [0.717, 1.165) is 5.69 Å². The second kappa shape index (κ2) is 5.99. The van der Waals surface area contributed by atoms with Gasteiger partial charge in [0, 0.05) is 5.69 Å². The van der Waals surface area contributed by atoms with Crippen molar-refractivity contribution in [3.63, 3.8) is 0 Å². The van der Waals surface area contributed by atoms with Gasteiger partial charge in [-0.1, -0.05) is 29.3 Å². The molecule has 2 rings (SSSR count).